The molecule has 2 N–H and O–H groups in total. The van der Waals surface area contributed by atoms with Gasteiger partial charge in [0.05, 0.1) is 17.6 Å². The molecule has 1 aromatic carbocycles. The lowest BCUT2D eigenvalue weighted by Crippen LogP contribution is -2.31. The summed E-state index contributed by atoms with van der Waals surface area (Å²) in [5, 5.41) is 9.36. The number of hydrogen-bond acceptors (Lipinski definition) is 4. The Morgan fingerprint density at radius 1 is 1.26 bits per heavy atom. The maximum atomic E-state index is 11.9. The second kappa shape index (κ2) is 7.47. The number of rotatable bonds is 8. The molecule has 0 radical (unpaired) electrons. The van der Waals surface area contributed by atoms with E-state index in [2.05, 4.69) is 4.72 Å². The van der Waals surface area contributed by atoms with Gasteiger partial charge in [0.25, 0.3) is 0 Å². The van der Waals surface area contributed by atoms with Crippen molar-refractivity contribution in [3.63, 3.8) is 0 Å². The SMILES string of the molecule is CCCOc1ccc(S(=O)(=O)NCC(O)CC)cc1. The highest BCUT2D eigenvalue weighted by atomic mass is 32.2. The third-order valence-corrected chi connectivity index (χ3v) is 4.03. The van der Waals surface area contributed by atoms with E-state index in [0.717, 1.165) is 6.42 Å². The summed E-state index contributed by atoms with van der Waals surface area (Å²) >= 11 is 0. The van der Waals surface area contributed by atoms with Gasteiger partial charge in [0.15, 0.2) is 0 Å². The maximum absolute atomic E-state index is 11.9. The van der Waals surface area contributed by atoms with Gasteiger partial charge in [-0.2, -0.15) is 0 Å². The minimum Gasteiger partial charge on any atom is -0.494 e. The predicted molar refractivity (Wildman–Crippen MR) is 73.7 cm³/mol. The molecule has 1 rings (SSSR count). The summed E-state index contributed by atoms with van der Waals surface area (Å²) in [6.45, 7) is 4.42. The van der Waals surface area contributed by atoms with Gasteiger partial charge in [-0.3, -0.25) is 0 Å². The first-order chi connectivity index (χ1) is 8.99. The third kappa shape index (κ3) is 5.18. The molecule has 1 atom stereocenters. The van der Waals surface area contributed by atoms with Crippen molar-refractivity contribution in [2.75, 3.05) is 13.2 Å². The molecule has 0 amide bonds. The van der Waals surface area contributed by atoms with Crippen LogP contribution in [0.2, 0.25) is 0 Å². The topological polar surface area (TPSA) is 75.6 Å². The lowest BCUT2D eigenvalue weighted by Gasteiger charge is -2.11. The lowest BCUT2D eigenvalue weighted by atomic mass is 10.3. The second-order valence-corrected chi connectivity index (χ2v) is 6.00. The highest BCUT2D eigenvalue weighted by Gasteiger charge is 2.15. The smallest absolute Gasteiger partial charge is 0.240 e. The highest BCUT2D eigenvalue weighted by Crippen LogP contribution is 2.16. The van der Waals surface area contributed by atoms with E-state index < -0.39 is 16.1 Å². The molecule has 0 aromatic heterocycles. The number of aliphatic hydroxyl groups is 1. The van der Waals surface area contributed by atoms with E-state index in [4.69, 9.17) is 4.74 Å². The van der Waals surface area contributed by atoms with E-state index in [9.17, 15) is 13.5 Å². The van der Waals surface area contributed by atoms with Crippen molar-refractivity contribution in [3.8, 4) is 5.75 Å². The molecular formula is C13H21NO4S. The van der Waals surface area contributed by atoms with Gasteiger partial charge in [-0.15, -0.1) is 0 Å². The molecule has 0 saturated carbocycles. The number of nitrogens with one attached hydrogen (secondary N) is 1. The number of aliphatic hydroxyl groups excluding tert-OH is 1. The molecule has 5 nitrogen and oxygen atoms in total. The minimum atomic E-state index is -3.57. The van der Waals surface area contributed by atoms with Crippen LogP contribution in [0.5, 0.6) is 5.75 Å². The Morgan fingerprint density at radius 2 is 1.89 bits per heavy atom. The Hall–Kier alpha value is -1.11. The average molecular weight is 287 g/mol. The van der Waals surface area contributed by atoms with Crippen molar-refractivity contribution in [2.24, 2.45) is 0 Å². The Labute approximate surface area is 114 Å². The third-order valence-electron chi connectivity index (χ3n) is 2.59. The molecule has 0 fully saturated rings. The monoisotopic (exact) mass is 287 g/mol. The first-order valence-electron chi connectivity index (χ1n) is 6.40. The van der Waals surface area contributed by atoms with Crippen LogP contribution in [0.15, 0.2) is 29.2 Å². The molecule has 1 unspecified atom stereocenters. The number of sulfonamides is 1. The van der Waals surface area contributed by atoms with Crippen LogP contribution in [0.25, 0.3) is 0 Å². The normalized spacial score (nSPS) is 13.2. The van der Waals surface area contributed by atoms with Crippen LogP contribution in [0.4, 0.5) is 0 Å². The van der Waals surface area contributed by atoms with Crippen molar-refractivity contribution in [1.29, 1.82) is 0 Å². The van der Waals surface area contributed by atoms with E-state index in [1.165, 1.54) is 12.1 Å². The molecule has 0 aliphatic carbocycles. The molecule has 0 heterocycles. The summed E-state index contributed by atoms with van der Waals surface area (Å²) in [5.74, 6) is 0.648. The van der Waals surface area contributed by atoms with Gasteiger partial charge in [0.2, 0.25) is 10.0 Å². The zero-order valence-corrected chi connectivity index (χ0v) is 12.1. The van der Waals surface area contributed by atoms with Crippen molar-refractivity contribution in [3.05, 3.63) is 24.3 Å². The Morgan fingerprint density at radius 3 is 2.42 bits per heavy atom. The first-order valence-corrected chi connectivity index (χ1v) is 7.88. The van der Waals surface area contributed by atoms with E-state index in [0.29, 0.717) is 18.8 Å². The Kier molecular flexibility index (Phi) is 6.27. The molecule has 1 aromatic rings. The first kappa shape index (κ1) is 15.9. The van der Waals surface area contributed by atoms with Crippen LogP contribution < -0.4 is 9.46 Å². The van der Waals surface area contributed by atoms with Gasteiger partial charge in [0, 0.05) is 6.54 Å². The van der Waals surface area contributed by atoms with E-state index in [-0.39, 0.29) is 11.4 Å². The summed E-state index contributed by atoms with van der Waals surface area (Å²) in [5.41, 5.74) is 0. The van der Waals surface area contributed by atoms with Crippen molar-refractivity contribution in [2.45, 2.75) is 37.7 Å². The maximum Gasteiger partial charge on any atom is 0.240 e. The summed E-state index contributed by atoms with van der Waals surface area (Å²) in [6, 6.07) is 6.23. The quantitative estimate of drug-likeness (QED) is 0.760. The van der Waals surface area contributed by atoms with Gasteiger partial charge < -0.3 is 9.84 Å². The standard InChI is InChI=1S/C13H21NO4S/c1-3-9-18-12-5-7-13(8-6-12)19(16,17)14-10-11(15)4-2/h5-8,11,14-15H,3-4,9-10H2,1-2H3. The fraction of sp³-hybridized carbons (Fsp3) is 0.538. The Bertz CT molecular complexity index is 470. The number of benzene rings is 1. The average Bonchev–Trinajstić information content (AvgIpc) is 2.43. The largest absolute Gasteiger partial charge is 0.494 e. The summed E-state index contributed by atoms with van der Waals surface area (Å²) < 4.78 is 31.6. The van der Waals surface area contributed by atoms with Gasteiger partial charge in [-0.25, -0.2) is 13.1 Å². The van der Waals surface area contributed by atoms with Crippen LogP contribution in [-0.2, 0) is 10.0 Å². The summed E-state index contributed by atoms with van der Waals surface area (Å²) in [4.78, 5) is 0.166. The minimum absolute atomic E-state index is 0.0208. The fourth-order valence-electron chi connectivity index (χ4n) is 1.37. The van der Waals surface area contributed by atoms with Gasteiger partial charge in [0.1, 0.15) is 5.75 Å². The molecule has 0 saturated heterocycles. The molecule has 0 bridgehead atoms. The van der Waals surface area contributed by atoms with E-state index >= 15 is 0 Å². The molecule has 0 aliphatic rings. The number of hydrogen-bond donors (Lipinski definition) is 2. The van der Waals surface area contributed by atoms with Crippen molar-refractivity contribution in [1.82, 2.24) is 4.72 Å². The Balaban J connectivity index is 2.68. The van der Waals surface area contributed by atoms with Crippen LogP contribution in [0.3, 0.4) is 0 Å². The molecule has 6 heteroatoms. The van der Waals surface area contributed by atoms with Crippen molar-refractivity contribution < 1.29 is 18.3 Å². The van der Waals surface area contributed by atoms with E-state index in [1.54, 1.807) is 19.1 Å². The van der Waals surface area contributed by atoms with Gasteiger partial charge >= 0.3 is 0 Å². The molecular weight excluding hydrogens is 266 g/mol. The van der Waals surface area contributed by atoms with Crippen LogP contribution in [0.1, 0.15) is 26.7 Å². The zero-order chi connectivity index (χ0) is 14.3. The molecule has 0 spiro atoms. The van der Waals surface area contributed by atoms with Crippen LogP contribution >= 0.6 is 0 Å². The molecule has 0 aliphatic heterocycles. The summed E-state index contributed by atoms with van der Waals surface area (Å²) in [6.07, 6.45) is 0.741. The van der Waals surface area contributed by atoms with Crippen LogP contribution in [-0.4, -0.2) is 32.8 Å². The van der Waals surface area contributed by atoms with Gasteiger partial charge in [-0.05, 0) is 37.1 Å². The van der Waals surface area contributed by atoms with Crippen LogP contribution in [0, 0.1) is 0 Å². The lowest BCUT2D eigenvalue weighted by molar-refractivity contribution is 0.174. The molecule has 108 valence electrons. The summed E-state index contributed by atoms with van der Waals surface area (Å²) in [7, 11) is -3.57. The van der Waals surface area contributed by atoms with Crippen molar-refractivity contribution >= 4 is 10.0 Å². The predicted octanol–water partition coefficient (Wildman–Crippen LogP) is 1.52. The number of ether oxygens (including phenoxy) is 1. The zero-order valence-electron chi connectivity index (χ0n) is 11.3. The fourth-order valence-corrected chi connectivity index (χ4v) is 2.44. The molecule has 19 heavy (non-hydrogen) atoms. The van der Waals surface area contributed by atoms with Gasteiger partial charge in [-0.1, -0.05) is 13.8 Å². The van der Waals surface area contributed by atoms with E-state index in [1.807, 2.05) is 6.92 Å². The second-order valence-electron chi connectivity index (χ2n) is 4.23. The highest BCUT2D eigenvalue weighted by molar-refractivity contribution is 7.89.